The van der Waals surface area contributed by atoms with Crippen molar-refractivity contribution >= 4 is 17.5 Å². The fourth-order valence-electron chi connectivity index (χ4n) is 4.05. The number of rotatable bonds is 3. The molecule has 29 heavy (non-hydrogen) atoms. The number of carbonyl (C=O) groups is 1. The van der Waals surface area contributed by atoms with E-state index in [0.717, 1.165) is 28.4 Å². The van der Waals surface area contributed by atoms with Gasteiger partial charge in [-0.1, -0.05) is 17.7 Å². The van der Waals surface area contributed by atoms with Crippen LogP contribution >= 0.6 is 11.6 Å². The summed E-state index contributed by atoms with van der Waals surface area (Å²) in [6.07, 6.45) is 2.46. The maximum Gasteiger partial charge on any atom is 0.231 e. The SMILES string of the molecule is O=C(CCc1ccc2c(c1)OCO2)N1CCC2(CC1)OCc1cc(Cl)ccc1O2. The molecule has 1 saturated heterocycles. The molecule has 0 saturated carbocycles. The van der Waals surface area contributed by atoms with Gasteiger partial charge < -0.3 is 23.8 Å². The zero-order valence-electron chi connectivity index (χ0n) is 16.0. The Labute approximate surface area is 174 Å². The molecule has 0 aromatic heterocycles. The second-order valence-corrected chi connectivity index (χ2v) is 8.06. The molecular formula is C22H22ClNO5. The molecule has 0 bridgehead atoms. The zero-order valence-corrected chi connectivity index (χ0v) is 16.7. The topological polar surface area (TPSA) is 57.2 Å². The Morgan fingerprint density at radius 1 is 1.03 bits per heavy atom. The third-order valence-electron chi connectivity index (χ3n) is 5.75. The van der Waals surface area contributed by atoms with Crippen molar-refractivity contribution in [1.29, 1.82) is 0 Å². The minimum absolute atomic E-state index is 0.153. The van der Waals surface area contributed by atoms with Gasteiger partial charge in [0.1, 0.15) is 5.75 Å². The Hall–Kier alpha value is -2.44. The van der Waals surface area contributed by atoms with E-state index in [1.54, 1.807) is 0 Å². The van der Waals surface area contributed by atoms with Crippen molar-refractivity contribution < 1.29 is 23.7 Å². The summed E-state index contributed by atoms with van der Waals surface area (Å²) in [5.74, 6) is 1.85. The van der Waals surface area contributed by atoms with Crippen LogP contribution in [0.5, 0.6) is 17.2 Å². The molecule has 3 aliphatic heterocycles. The van der Waals surface area contributed by atoms with E-state index in [2.05, 4.69) is 0 Å². The number of fused-ring (bicyclic) bond motifs is 2. The van der Waals surface area contributed by atoms with E-state index in [1.165, 1.54) is 0 Å². The predicted molar refractivity (Wildman–Crippen MR) is 106 cm³/mol. The number of nitrogens with zero attached hydrogens (tertiary/aromatic N) is 1. The number of aryl methyl sites for hydroxylation is 1. The lowest BCUT2D eigenvalue weighted by Gasteiger charge is -2.44. The molecule has 152 valence electrons. The van der Waals surface area contributed by atoms with Gasteiger partial charge in [-0.2, -0.15) is 0 Å². The maximum atomic E-state index is 12.7. The van der Waals surface area contributed by atoms with Crippen molar-refractivity contribution in [2.45, 2.75) is 38.1 Å². The monoisotopic (exact) mass is 415 g/mol. The molecule has 1 fully saturated rings. The van der Waals surface area contributed by atoms with Gasteiger partial charge in [-0.25, -0.2) is 0 Å². The van der Waals surface area contributed by atoms with Crippen LogP contribution in [0, 0.1) is 0 Å². The standard InChI is InChI=1S/C22H22ClNO5/c23-17-3-5-18-16(12-17)13-28-22(29-18)7-9-24(10-8-22)21(25)6-2-15-1-4-19-20(11-15)27-14-26-19/h1,3-5,11-12H,2,6-10,13-14H2. The number of piperidine rings is 1. The number of benzene rings is 2. The maximum absolute atomic E-state index is 12.7. The predicted octanol–water partition coefficient (Wildman–Crippen LogP) is 3.93. The number of carbonyl (C=O) groups excluding carboxylic acids is 1. The van der Waals surface area contributed by atoms with E-state index in [1.807, 2.05) is 41.3 Å². The van der Waals surface area contributed by atoms with Crippen LogP contribution in [0.4, 0.5) is 0 Å². The summed E-state index contributed by atoms with van der Waals surface area (Å²) >= 11 is 6.04. The van der Waals surface area contributed by atoms with E-state index in [-0.39, 0.29) is 12.7 Å². The second kappa shape index (κ2) is 7.43. The van der Waals surface area contributed by atoms with Crippen molar-refractivity contribution in [2.75, 3.05) is 19.9 Å². The molecule has 2 aromatic rings. The van der Waals surface area contributed by atoms with Gasteiger partial charge in [0.2, 0.25) is 18.5 Å². The number of halogens is 1. The van der Waals surface area contributed by atoms with Crippen LogP contribution in [0.1, 0.15) is 30.4 Å². The van der Waals surface area contributed by atoms with Gasteiger partial charge in [0, 0.05) is 42.9 Å². The minimum Gasteiger partial charge on any atom is -0.462 e. The Bertz CT molecular complexity index is 939. The number of ether oxygens (including phenoxy) is 4. The third-order valence-corrected chi connectivity index (χ3v) is 5.99. The van der Waals surface area contributed by atoms with Crippen molar-refractivity contribution in [1.82, 2.24) is 4.90 Å². The van der Waals surface area contributed by atoms with Crippen LogP contribution in [0.25, 0.3) is 0 Å². The zero-order chi connectivity index (χ0) is 19.8. The lowest BCUT2D eigenvalue weighted by Crippen LogP contribution is -2.52. The molecule has 0 radical (unpaired) electrons. The molecule has 3 heterocycles. The smallest absolute Gasteiger partial charge is 0.231 e. The normalized spacial score (nSPS) is 19.0. The Morgan fingerprint density at radius 2 is 1.83 bits per heavy atom. The number of hydrogen-bond acceptors (Lipinski definition) is 5. The van der Waals surface area contributed by atoms with Crippen molar-refractivity contribution in [2.24, 2.45) is 0 Å². The second-order valence-electron chi connectivity index (χ2n) is 7.62. The summed E-state index contributed by atoms with van der Waals surface area (Å²) in [5, 5.41) is 0.676. The van der Waals surface area contributed by atoms with E-state index in [4.69, 9.17) is 30.5 Å². The summed E-state index contributed by atoms with van der Waals surface area (Å²) in [6, 6.07) is 11.4. The highest BCUT2D eigenvalue weighted by Gasteiger charge is 2.41. The summed E-state index contributed by atoms with van der Waals surface area (Å²) in [7, 11) is 0. The van der Waals surface area contributed by atoms with Gasteiger partial charge in [0.15, 0.2) is 11.5 Å². The highest BCUT2D eigenvalue weighted by molar-refractivity contribution is 6.30. The molecular weight excluding hydrogens is 394 g/mol. The first-order valence-corrected chi connectivity index (χ1v) is 10.3. The summed E-state index contributed by atoms with van der Waals surface area (Å²) < 4.78 is 22.9. The van der Waals surface area contributed by atoms with Crippen LogP contribution < -0.4 is 14.2 Å². The van der Waals surface area contributed by atoms with Gasteiger partial charge in [-0.3, -0.25) is 4.79 Å². The summed E-state index contributed by atoms with van der Waals surface area (Å²) in [6.45, 7) is 1.99. The Kier molecular flexibility index (Phi) is 4.76. The van der Waals surface area contributed by atoms with E-state index in [0.29, 0.717) is 50.4 Å². The molecule has 7 heteroatoms. The summed E-state index contributed by atoms with van der Waals surface area (Å²) in [5.41, 5.74) is 2.04. The van der Waals surface area contributed by atoms with Gasteiger partial charge in [-0.15, -0.1) is 0 Å². The van der Waals surface area contributed by atoms with Crippen LogP contribution in [-0.4, -0.2) is 36.5 Å². The number of amides is 1. The minimum atomic E-state index is -0.644. The van der Waals surface area contributed by atoms with Gasteiger partial charge in [-0.05, 0) is 42.3 Å². The Morgan fingerprint density at radius 3 is 2.69 bits per heavy atom. The molecule has 6 nitrogen and oxygen atoms in total. The lowest BCUT2D eigenvalue weighted by atomic mass is 10.0. The van der Waals surface area contributed by atoms with Crippen LogP contribution in [-0.2, 0) is 22.6 Å². The van der Waals surface area contributed by atoms with Gasteiger partial charge in [0.25, 0.3) is 0 Å². The van der Waals surface area contributed by atoms with Crippen LogP contribution in [0.2, 0.25) is 5.02 Å². The molecule has 1 amide bonds. The molecule has 0 aliphatic carbocycles. The van der Waals surface area contributed by atoms with Crippen LogP contribution in [0.3, 0.4) is 0 Å². The molecule has 5 rings (SSSR count). The van der Waals surface area contributed by atoms with Crippen LogP contribution in [0.15, 0.2) is 36.4 Å². The average molecular weight is 416 g/mol. The largest absolute Gasteiger partial charge is 0.462 e. The molecule has 0 unspecified atom stereocenters. The highest BCUT2D eigenvalue weighted by Crippen LogP contribution is 2.38. The number of likely N-dealkylation sites (tertiary alicyclic amines) is 1. The fourth-order valence-corrected chi connectivity index (χ4v) is 4.24. The first-order valence-electron chi connectivity index (χ1n) is 9.88. The third kappa shape index (κ3) is 3.74. The first-order chi connectivity index (χ1) is 14.1. The lowest BCUT2D eigenvalue weighted by molar-refractivity contribution is -0.227. The molecule has 0 N–H and O–H groups in total. The van der Waals surface area contributed by atoms with E-state index in [9.17, 15) is 4.79 Å². The molecule has 3 aliphatic rings. The molecule has 2 aromatic carbocycles. The van der Waals surface area contributed by atoms with E-state index < -0.39 is 5.79 Å². The van der Waals surface area contributed by atoms with E-state index >= 15 is 0 Å². The molecule has 1 spiro atoms. The van der Waals surface area contributed by atoms with Crippen molar-refractivity contribution in [3.63, 3.8) is 0 Å². The average Bonchev–Trinajstić information content (AvgIpc) is 3.21. The van der Waals surface area contributed by atoms with Crippen molar-refractivity contribution in [3.05, 3.63) is 52.5 Å². The van der Waals surface area contributed by atoms with Gasteiger partial charge >= 0.3 is 0 Å². The molecule has 0 atom stereocenters. The Balaban J connectivity index is 1.15. The number of hydrogen-bond donors (Lipinski definition) is 0. The van der Waals surface area contributed by atoms with Gasteiger partial charge in [0.05, 0.1) is 6.61 Å². The fraction of sp³-hybridized carbons (Fsp3) is 0.409. The highest BCUT2D eigenvalue weighted by atomic mass is 35.5. The quantitative estimate of drug-likeness (QED) is 0.760. The van der Waals surface area contributed by atoms with Crippen molar-refractivity contribution in [3.8, 4) is 17.2 Å². The summed E-state index contributed by atoms with van der Waals surface area (Å²) in [4.78, 5) is 14.6. The first kappa shape index (κ1) is 18.6.